The molecule has 10 heavy (non-hydrogen) atoms. The van der Waals surface area contributed by atoms with Crippen molar-refractivity contribution in [2.45, 2.75) is 12.6 Å². The quantitative estimate of drug-likeness (QED) is 0.424. The Bertz CT molecular complexity index is 194. The lowest BCUT2D eigenvalue weighted by molar-refractivity contribution is 0.0377. The van der Waals surface area contributed by atoms with Gasteiger partial charge in [0.25, 0.3) is 0 Å². The van der Waals surface area contributed by atoms with Gasteiger partial charge in [-0.3, -0.25) is 5.73 Å². The summed E-state index contributed by atoms with van der Waals surface area (Å²) in [6, 6.07) is 0. The minimum atomic E-state index is -1.39. The Morgan fingerprint density at radius 3 is 2.70 bits per heavy atom. The molecule has 2 atom stereocenters. The van der Waals surface area contributed by atoms with Crippen molar-refractivity contribution in [2.75, 3.05) is 0 Å². The summed E-state index contributed by atoms with van der Waals surface area (Å²) in [6.07, 6.45) is 4.51. The zero-order valence-electron chi connectivity index (χ0n) is 5.78. The van der Waals surface area contributed by atoms with Gasteiger partial charge in [0.2, 0.25) is 0 Å². The predicted molar refractivity (Wildman–Crippen MR) is 38.2 cm³/mol. The summed E-state index contributed by atoms with van der Waals surface area (Å²) in [5.74, 6) is -0.301. The number of hydrogen-bond donors (Lipinski definition) is 3. The molecule has 0 aliphatic heterocycles. The van der Waals surface area contributed by atoms with E-state index in [0.717, 1.165) is 0 Å². The molecule has 0 fully saturated rings. The lowest BCUT2D eigenvalue weighted by Gasteiger charge is -2.28. The zero-order chi connectivity index (χ0) is 7.78. The van der Waals surface area contributed by atoms with Gasteiger partial charge in [-0.15, -0.1) is 0 Å². The minimum Gasteiger partial charge on any atom is -0.512 e. The van der Waals surface area contributed by atoms with E-state index in [-0.39, 0.29) is 5.76 Å². The average Bonchev–Trinajstić information content (AvgIpc) is 1.83. The molecule has 0 bridgehead atoms. The molecule has 2 unspecified atom stereocenters. The van der Waals surface area contributed by atoms with Crippen molar-refractivity contribution in [2.24, 2.45) is 11.7 Å². The summed E-state index contributed by atoms with van der Waals surface area (Å²) >= 11 is 0. The Labute approximate surface area is 59.5 Å². The SMILES string of the molecule is CC1C(O)=CC=CC1(N)O. The van der Waals surface area contributed by atoms with E-state index in [4.69, 9.17) is 10.8 Å². The highest BCUT2D eigenvalue weighted by Crippen LogP contribution is 2.23. The first-order chi connectivity index (χ1) is 4.54. The maximum Gasteiger partial charge on any atom is 0.142 e. The topological polar surface area (TPSA) is 66.5 Å². The Balaban J connectivity index is 2.89. The van der Waals surface area contributed by atoms with Gasteiger partial charge in [0.15, 0.2) is 0 Å². The van der Waals surface area contributed by atoms with Gasteiger partial charge in [-0.05, 0) is 12.2 Å². The van der Waals surface area contributed by atoms with Gasteiger partial charge in [-0.2, -0.15) is 0 Å². The molecular weight excluding hydrogens is 130 g/mol. The van der Waals surface area contributed by atoms with Crippen LogP contribution in [0.25, 0.3) is 0 Å². The number of nitrogens with two attached hydrogens (primary N) is 1. The lowest BCUT2D eigenvalue weighted by atomic mass is 9.92. The molecule has 3 heteroatoms. The second kappa shape index (κ2) is 2.11. The van der Waals surface area contributed by atoms with Gasteiger partial charge in [-0.1, -0.05) is 13.0 Å². The predicted octanol–water partition coefficient (Wildman–Crippen LogP) is 0.282. The van der Waals surface area contributed by atoms with Crippen molar-refractivity contribution in [3.05, 3.63) is 24.0 Å². The van der Waals surface area contributed by atoms with E-state index in [0.29, 0.717) is 0 Å². The van der Waals surface area contributed by atoms with Gasteiger partial charge in [0.05, 0.1) is 11.7 Å². The smallest absolute Gasteiger partial charge is 0.142 e. The maximum absolute atomic E-state index is 9.30. The van der Waals surface area contributed by atoms with Gasteiger partial charge < -0.3 is 10.2 Å². The van der Waals surface area contributed by atoms with Gasteiger partial charge in [-0.25, -0.2) is 0 Å². The molecule has 0 heterocycles. The Kier molecular flexibility index (Phi) is 1.54. The maximum atomic E-state index is 9.30. The van der Waals surface area contributed by atoms with Crippen LogP contribution in [0.15, 0.2) is 24.0 Å². The summed E-state index contributed by atoms with van der Waals surface area (Å²) < 4.78 is 0. The second-order valence-electron chi connectivity index (χ2n) is 2.56. The van der Waals surface area contributed by atoms with Crippen LogP contribution < -0.4 is 5.73 Å². The first-order valence-electron chi connectivity index (χ1n) is 3.13. The van der Waals surface area contributed by atoms with Crippen molar-refractivity contribution in [3.63, 3.8) is 0 Å². The van der Waals surface area contributed by atoms with Gasteiger partial charge in [0, 0.05) is 0 Å². The molecule has 0 saturated carbocycles. The molecule has 0 aromatic carbocycles. The van der Waals surface area contributed by atoms with Crippen LogP contribution in [0.5, 0.6) is 0 Å². The summed E-state index contributed by atoms with van der Waals surface area (Å²) in [5.41, 5.74) is 3.99. The summed E-state index contributed by atoms with van der Waals surface area (Å²) in [5, 5.41) is 18.4. The third-order valence-corrected chi connectivity index (χ3v) is 1.77. The van der Waals surface area contributed by atoms with E-state index in [1.807, 2.05) is 0 Å². The number of rotatable bonds is 0. The van der Waals surface area contributed by atoms with Crippen LogP contribution in [0, 0.1) is 5.92 Å². The van der Waals surface area contributed by atoms with Crippen molar-refractivity contribution in [3.8, 4) is 0 Å². The minimum absolute atomic E-state index is 0.118. The molecule has 0 amide bonds. The monoisotopic (exact) mass is 141 g/mol. The number of aliphatic hydroxyl groups excluding tert-OH is 1. The molecule has 0 aromatic rings. The van der Waals surface area contributed by atoms with Crippen molar-refractivity contribution < 1.29 is 10.2 Å². The standard InChI is InChI=1S/C7H11NO2/c1-5-6(9)3-2-4-7(5,8)10/h2-5,9-10H,8H2,1H3. The molecule has 3 nitrogen and oxygen atoms in total. The molecule has 1 aliphatic carbocycles. The Morgan fingerprint density at radius 1 is 1.70 bits per heavy atom. The molecule has 0 saturated heterocycles. The highest BCUT2D eigenvalue weighted by Gasteiger charge is 2.30. The Hall–Kier alpha value is -0.800. The zero-order valence-corrected chi connectivity index (χ0v) is 5.78. The van der Waals surface area contributed by atoms with E-state index < -0.39 is 11.6 Å². The lowest BCUT2D eigenvalue weighted by Crippen LogP contribution is -2.45. The van der Waals surface area contributed by atoms with Crippen LogP contribution in [0.3, 0.4) is 0 Å². The summed E-state index contributed by atoms with van der Waals surface area (Å²) in [4.78, 5) is 0. The van der Waals surface area contributed by atoms with E-state index in [9.17, 15) is 5.11 Å². The first kappa shape index (κ1) is 7.31. The van der Waals surface area contributed by atoms with Gasteiger partial charge >= 0.3 is 0 Å². The molecular formula is C7H11NO2. The fourth-order valence-corrected chi connectivity index (χ4v) is 0.826. The van der Waals surface area contributed by atoms with Crippen molar-refractivity contribution >= 4 is 0 Å². The van der Waals surface area contributed by atoms with E-state index >= 15 is 0 Å². The molecule has 1 rings (SSSR count). The van der Waals surface area contributed by atoms with E-state index in [1.165, 1.54) is 18.2 Å². The van der Waals surface area contributed by atoms with E-state index in [2.05, 4.69) is 0 Å². The largest absolute Gasteiger partial charge is 0.512 e. The third kappa shape index (κ3) is 1.05. The third-order valence-electron chi connectivity index (χ3n) is 1.77. The molecule has 0 spiro atoms. The van der Waals surface area contributed by atoms with Crippen molar-refractivity contribution in [1.29, 1.82) is 0 Å². The van der Waals surface area contributed by atoms with Gasteiger partial charge in [0.1, 0.15) is 5.72 Å². The highest BCUT2D eigenvalue weighted by atomic mass is 16.3. The molecule has 4 N–H and O–H groups in total. The first-order valence-corrected chi connectivity index (χ1v) is 3.13. The van der Waals surface area contributed by atoms with Crippen LogP contribution >= 0.6 is 0 Å². The Morgan fingerprint density at radius 2 is 2.30 bits per heavy atom. The van der Waals surface area contributed by atoms with Crippen molar-refractivity contribution in [1.82, 2.24) is 0 Å². The molecule has 56 valence electrons. The number of allylic oxidation sites excluding steroid dienone is 2. The normalized spacial score (nSPS) is 39.5. The van der Waals surface area contributed by atoms with Crippen LogP contribution in [0.2, 0.25) is 0 Å². The molecule has 0 radical (unpaired) electrons. The van der Waals surface area contributed by atoms with Crippen LogP contribution in [0.1, 0.15) is 6.92 Å². The molecule has 1 aliphatic rings. The fourth-order valence-electron chi connectivity index (χ4n) is 0.826. The average molecular weight is 141 g/mol. The number of hydrogen-bond acceptors (Lipinski definition) is 3. The van der Waals surface area contributed by atoms with E-state index in [1.54, 1.807) is 6.92 Å². The fraction of sp³-hybridized carbons (Fsp3) is 0.429. The summed E-state index contributed by atoms with van der Waals surface area (Å²) in [6.45, 7) is 1.66. The van der Waals surface area contributed by atoms with Crippen LogP contribution in [0.4, 0.5) is 0 Å². The van der Waals surface area contributed by atoms with Crippen LogP contribution in [-0.4, -0.2) is 15.9 Å². The van der Waals surface area contributed by atoms with Crippen LogP contribution in [-0.2, 0) is 0 Å². The highest BCUT2D eigenvalue weighted by molar-refractivity contribution is 5.22. The second-order valence-corrected chi connectivity index (χ2v) is 2.56. The summed E-state index contributed by atoms with van der Waals surface area (Å²) in [7, 11) is 0. The molecule has 0 aromatic heterocycles. The number of aliphatic hydroxyl groups is 2.